The third-order valence-corrected chi connectivity index (χ3v) is 4.95. The summed E-state index contributed by atoms with van der Waals surface area (Å²) < 4.78 is 0. The molecule has 0 unspecified atom stereocenters. The lowest BCUT2D eigenvalue weighted by atomic mass is 10.1. The number of pyridine rings is 1. The Labute approximate surface area is 158 Å². The molecule has 3 rings (SSSR count). The van der Waals surface area contributed by atoms with E-state index < -0.39 is 0 Å². The van der Waals surface area contributed by atoms with Gasteiger partial charge in [-0.3, -0.25) is 9.78 Å². The number of benzene rings is 1. The number of likely N-dealkylation sites (tertiary alicyclic amines) is 1. The molecule has 0 radical (unpaired) electrons. The molecule has 1 aromatic carbocycles. The van der Waals surface area contributed by atoms with E-state index in [9.17, 15) is 4.79 Å². The maximum atomic E-state index is 12.6. The van der Waals surface area contributed by atoms with Crippen LogP contribution in [0.3, 0.4) is 0 Å². The summed E-state index contributed by atoms with van der Waals surface area (Å²) >= 11 is 12.1. The number of halogens is 2. The van der Waals surface area contributed by atoms with Crippen molar-refractivity contribution in [3.8, 4) is 0 Å². The summed E-state index contributed by atoms with van der Waals surface area (Å²) in [6.45, 7) is 2.38. The number of carbonyl (C=O) groups excluding carboxylic acids is 1. The van der Waals surface area contributed by atoms with Crippen molar-refractivity contribution in [2.24, 2.45) is 0 Å². The molecular formula is C19H21Cl2N3O. The number of aromatic nitrogens is 1. The zero-order valence-electron chi connectivity index (χ0n) is 14.0. The number of amides is 1. The molecule has 2 heterocycles. The van der Waals surface area contributed by atoms with Crippen LogP contribution in [-0.2, 0) is 6.42 Å². The van der Waals surface area contributed by atoms with Gasteiger partial charge < -0.3 is 10.2 Å². The van der Waals surface area contributed by atoms with E-state index in [-0.39, 0.29) is 5.91 Å². The maximum absolute atomic E-state index is 12.6. The monoisotopic (exact) mass is 377 g/mol. The Bertz CT molecular complexity index is 745. The number of nitrogens with zero attached hydrogens (tertiary/aromatic N) is 2. The average molecular weight is 378 g/mol. The van der Waals surface area contributed by atoms with Crippen LogP contribution in [0, 0.1) is 0 Å². The fourth-order valence-corrected chi connectivity index (χ4v) is 3.50. The maximum Gasteiger partial charge on any atom is 0.255 e. The summed E-state index contributed by atoms with van der Waals surface area (Å²) in [6.07, 6.45) is 7.50. The molecule has 132 valence electrons. The van der Waals surface area contributed by atoms with Crippen LogP contribution in [0.4, 0.5) is 5.69 Å². The van der Waals surface area contributed by atoms with E-state index in [4.69, 9.17) is 23.2 Å². The highest BCUT2D eigenvalue weighted by Gasteiger charge is 2.18. The lowest BCUT2D eigenvalue weighted by Gasteiger charge is -2.26. The summed E-state index contributed by atoms with van der Waals surface area (Å²) in [6, 6.07) is 7.38. The van der Waals surface area contributed by atoms with E-state index in [1.54, 1.807) is 18.5 Å². The molecule has 1 fully saturated rings. The Balaban J connectivity index is 1.58. The van der Waals surface area contributed by atoms with Crippen LogP contribution in [0.25, 0.3) is 0 Å². The highest BCUT2D eigenvalue weighted by atomic mass is 35.5. The van der Waals surface area contributed by atoms with E-state index in [0.29, 0.717) is 22.2 Å². The number of hydrogen-bond donors (Lipinski definition) is 1. The van der Waals surface area contributed by atoms with Crippen molar-refractivity contribution >= 4 is 34.8 Å². The molecule has 1 N–H and O–H groups in total. The van der Waals surface area contributed by atoms with Crippen LogP contribution >= 0.6 is 23.2 Å². The first kappa shape index (κ1) is 18.0. The molecule has 1 aliphatic rings. The first-order valence-corrected chi connectivity index (χ1v) is 9.31. The van der Waals surface area contributed by atoms with E-state index in [1.165, 1.54) is 6.42 Å². The highest BCUT2D eigenvalue weighted by molar-refractivity contribution is 6.35. The molecule has 1 amide bonds. The molecule has 6 heteroatoms. The first-order chi connectivity index (χ1) is 12.1. The van der Waals surface area contributed by atoms with Gasteiger partial charge in [-0.15, -0.1) is 0 Å². The van der Waals surface area contributed by atoms with Crippen LogP contribution < -0.4 is 5.32 Å². The van der Waals surface area contributed by atoms with Crippen LogP contribution in [0.15, 0.2) is 36.7 Å². The molecule has 1 aliphatic heterocycles. The number of nitrogens with one attached hydrogen (secondary N) is 1. The molecule has 4 nitrogen and oxygen atoms in total. The zero-order chi connectivity index (χ0) is 17.6. The topological polar surface area (TPSA) is 45.2 Å². The lowest BCUT2D eigenvalue weighted by Crippen LogP contribution is -2.35. The summed E-state index contributed by atoms with van der Waals surface area (Å²) in [7, 11) is 0. The Morgan fingerprint density at radius 1 is 1.12 bits per heavy atom. The van der Waals surface area contributed by atoms with Crippen molar-refractivity contribution in [1.29, 1.82) is 0 Å². The fourth-order valence-electron chi connectivity index (χ4n) is 3.00. The second-order valence-electron chi connectivity index (χ2n) is 6.23. The minimum absolute atomic E-state index is 0.0663. The summed E-state index contributed by atoms with van der Waals surface area (Å²) in [4.78, 5) is 18.7. The lowest BCUT2D eigenvalue weighted by molar-refractivity contribution is 0.0724. The van der Waals surface area contributed by atoms with Crippen molar-refractivity contribution in [2.45, 2.75) is 25.7 Å². The van der Waals surface area contributed by atoms with E-state index in [1.807, 2.05) is 23.1 Å². The minimum Gasteiger partial charge on any atom is -0.383 e. The second-order valence-corrected chi connectivity index (χ2v) is 7.07. The largest absolute Gasteiger partial charge is 0.383 e. The van der Waals surface area contributed by atoms with Crippen LogP contribution in [0.2, 0.25) is 10.0 Å². The molecule has 0 aliphatic carbocycles. The number of hydrogen-bond acceptors (Lipinski definition) is 3. The fraction of sp³-hybridized carbons (Fsp3) is 0.368. The quantitative estimate of drug-likeness (QED) is 0.823. The second kappa shape index (κ2) is 8.54. The van der Waals surface area contributed by atoms with Gasteiger partial charge >= 0.3 is 0 Å². The van der Waals surface area contributed by atoms with Crippen LogP contribution in [0.1, 0.15) is 35.2 Å². The Kier molecular flexibility index (Phi) is 6.16. The summed E-state index contributed by atoms with van der Waals surface area (Å²) in [5.74, 6) is 0.0663. The van der Waals surface area contributed by atoms with Gasteiger partial charge in [-0.05, 0) is 49.4 Å². The standard InChI is InChI=1S/C19H21Cl2N3O/c20-16-5-4-14(18(21)11-16)6-7-23-17-10-15(12-22-13-17)19(25)24-8-2-1-3-9-24/h4-5,10-13,23H,1-3,6-9H2. The van der Waals surface area contributed by atoms with Gasteiger partial charge in [-0.25, -0.2) is 0 Å². The molecule has 0 bridgehead atoms. The normalized spacial score (nSPS) is 14.4. The van der Waals surface area contributed by atoms with Crippen molar-refractivity contribution in [1.82, 2.24) is 9.88 Å². The predicted molar refractivity (Wildman–Crippen MR) is 103 cm³/mol. The number of piperidine rings is 1. The number of rotatable bonds is 5. The molecular weight excluding hydrogens is 357 g/mol. The Hall–Kier alpha value is -1.78. The van der Waals surface area contributed by atoms with Gasteiger partial charge in [0.25, 0.3) is 5.91 Å². The minimum atomic E-state index is 0.0663. The highest BCUT2D eigenvalue weighted by Crippen LogP contribution is 2.21. The van der Waals surface area contributed by atoms with Gasteiger partial charge in [-0.2, -0.15) is 0 Å². The van der Waals surface area contributed by atoms with Gasteiger partial charge in [0.05, 0.1) is 11.3 Å². The molecule has 1 saturated heterocycles. The van der Waals surface area contributed by atoms with E-state index in [2.05, 4.69) is 10.3 Å². The average Bonchev–Trinajstić information content (AvgIpc) is 2.64. The van der Waals surface area contributed by atoms with Gasteiger partial charge in [0, 0.05) is 42.1 Å². The first-order valence-electron chi connectivity index (χ1n) is 8.55. The SMILES string of the molecule is O=C(c1cncc(NCCc2ccc(Cl)cc2Cl)c1)N1CCCCC1. The van der Waals surface area contributed by atoms with E-state index in [0.717, 1.165) is 43.6 Å². The zero-order valence-corrected chi connectivity index (χ0v) is 15.5. The number of carbonyl (C=O) groups is 1. The Morgan fingerprint density at radius 3 is 2.68 bits per heavy atom. The Morgan fingerprint density at radius 2 is 1.92 bits per heavy atom. The molecule has 0 spiro atoms. The van der Waals surface area contributed by atoms with Gasteiger partial charge in [-0.1, -0.05) is 29.3 Å². The van der Waals surface area contributed by atoms with Crippen molar-refractivity contribution in [2.75, 3.05) is 25.0 Å². The smallest absolute Gasteiger partial charge is 0.255 e. The van der Waals surface area contributed by atoms with Crippen molar-refractivity contribution in [3.05, 3.63) is 57.8 Å². The van der Waals surface area contributed by atoms with Gasteiger partial charge in [0.15, 0.2) is 0 Å². The molecule has 0 atom stereocenters. The van der Waals surface area contributed by atoms with E-state index >= 15 is 0 Å². The van der Waals surface area contributed by atoms with Gasteiger partial charge in [0.1, 0.15) is 0 Å². The number of anilines is 1. The molecule has 2 aromatic rings. The molecule has 25 heavy (non-hydrogen) atoms. The third kappa shape index (κ3) is 4.86. The summed E-state index contributed by atoms with van der Waals surface area (Å²) in [5.41, 5.74) is 2.51. The van der Waals surface area contributed by atoms with Crippen molar-refractivity contribution < 1.29 is 4.79 Å². The van der Waals surface area contributed by atoms with Crippen LogP contribution in [-0.4, -0.2) is 35.4 Å². The predicted octanol–water partition coefficient (Wildman–Crippen LogP) is 4.67. The third-order valence-electron chi connectivity index (χ3n) is 4.37. The van der Waals surface area contributed by atoms with Crippen molar-refractivity contribution in [3.63, 3.8) is 0 Å². The summed E-state index contributed by atoms with van der Waals surface area (Å²) in [5, 5.41) is 4.61. The molecule has 1 aromatic heterocycles. The molecule has 0 saturated carbocycles. The van der Waals surface area contributed by atoms with Crippen LogP contribution in [0.5, 0.6) is 0 Å². The van der Waals surface area contributed by atoms with Gasteiger partial charge in [0.2, 0.25) is 0 Å².